The minimum absolute atomic E-state index is 0.108. The Kier molecular flexibility index (Phi) is 6.06. The average Bonchev–Trinajstić information content (AvgIpc) is 3.39. The molecule has 0 saturated carbocycles. The van der Waals surface area contributed by atoms with Crippen LogP contribution in [0.3, 0.4) is 0 Å². The molecule has 0 N–H and O–H groups in total. The largest absolute Gasteiger partial charge is 0.341 e. The van der Waals surface area contributed by atoms with Gasteiger partial charge in [0.2, 0.25) is 5.91 Å². The molecule has 3 heterocycles. The highest BCUT2D eigenvalue weighted by atomic mass is 79.9. The van der Waals surface area contributed by atoms with E-state index in [0.29, 0.717) is 11.4 Å². The Morgan fingerprint density at radius 1 is 1.23 bits per heavy atom. The van der Waals surface area contributed by atoms with E-state index < -0.39 is 0 Å². The van der Waals surface area contributed by atoms with Crippen molar-refractivity contribution in [1.82, 2.24) is 14.4 Å². The molecule has 1 aromatic carbocycles. The van der Waals surface area contributed by atoms with Gasteiger partial charge in [-0.3, -0.25) is 19.3 Å². The molecule has 0 bridgehead atoms. The highest BCUT2D eigenvalue weighted by molar-refractivity contribution is 9.10. The van der Waals surface area contributed by atoms with E-state index in [1.807, 2.05) is 47.7 Å². The van der Waals surface area contributed by atoms with Gasteiger partial charge in [-0.1, -0.05) is 29.8 Å². The molecule has 30 heavy (non-hydrogen) atoms. The molecule has 8 heteroatoms. The van der Waals surface area contributed by atoms with Crippen molar-refractivity contribution in [2.24, 2.45) is 5.92 Å². The van der Waals surface area contributed by atoms with E-state index in [4.69, 9.17) is 0 Å². The van der Waals surface area contributed by atoms with E-state index in [2.05, 4.69) is 15.9 Å². The molecule has 2 saturated heterocycles. The van der Waals surface area contributed by atoms with Crippen molar-refractivity contribution in [3.63, 3.8) is 0 Å². The average molecular weight is 490 g/mol. The summed E-state index contributed by atoms with van der Waals surface area (Å²) in [6, 6.07) is 5.90. The lowest BCUT2D eigenvalue weighted by Gasteiger charge is -2.16. The fourth-order valence-electron chi connectivity index (χ4n) is 3.92. The zero-order valence-corrected chi connectivity index (χ0v) is 19.5. The number of benzene rings is 1. The maximum Gasteiger partial charge on any atom is 0.293 e. The zero-order chi connectivity index (χ0) is 21.4. The third-order valence-electron chi connectivity index (χ3n) is 5.35. The lowest BCUT2D eigenvalue weighted by atomic mass is 10.1. The summed E-state index contributed by atoms with van der Waals surface area (Å²) in [6.07, 6.45) is 5.80. The molecule has 0 aliphatic carbocycles. The second-order valence-corrected chi connectivity index (χ2v) is 10.1. The predicted octanol–water partition coefficient (Wildman–Crippen LogP) is 4.72. The van der Waals surface area contributed by atoms with E-state index in [9.17, 15) is 14.4 Å². The van der Waals surface area contributed by atoms with E-state index in [-0.39, 0.29) is 29.5 Å². The van der Waals surface area contributed by atoms with Gasteiger partial charge in [0, 0.05) is 46.8 Å². The number of amides is 3. The summed E-state index contributed by atoms with van der Waals surface area (Å²) in [5, 5.41) is 0.711. The third kappa shape index (κ3) is 4.21. The summed E-state index contributed by atoms with van der Waals surface area (Å²) in [5.41, 5.74) is 1.76. The number of carbonyl (C=O) groups is 3. The van der Waals surface area contributed by atoms with Gasteiger partial charge in [-0.15, -0.1) is 0 Å². The van der Waals surface area contributed by atoms with Crippen LogP contribution in [-0.4, -0.2) is 51.1 Å². The summed E-state index contributed by atoms with van der Waals surface area (Å²) in [7, 11) is 0. The SMILES string of the molecule is CC(C)CN1C(=O)S/C(=C\c2cn(CC(=O)N3CCCC3)c3ccc(Br)cc23)C1=O. The lowest BCUT2D eigenvalue weighted by molar-refractivity contribution is -0.130. The minimum atomic E-state index is -0.247. The number of fused-ring (bicyclic) bond motifs is 1. The van der Waals surface area contributed by atoms with Crippen LogP contribution in [0.4, 0.5) is 4.79 Å². The van der Waals surface area contributed by atoms with Gasteiger partial charge >= 0.3 is 0 Å². The fourth-order valence-corrected chi connectivity index (χ4v) is 5.12. The van der Waals surface area contributed by atoms with Crippen molar-refractivity contribution >= 4 is 61.7 Å². The first kappa shape index (κ1) is 21.2. The van der Waals surface area contributed by atoms with E-state index in [1.54, 1.807) is 6.08 Å². The standard InChI is InChI=1S/C22H24BrN3O3S/c1-14(2)11-26-21(28)19(30-22(26)29)9-15-12-25(13-20(27)24-7-3-4-8-24)18-6-5-16(23)10-17(15)18/h5-6,9-10,12,14H,3-4,7-8,11,13H2,1-2H3/b19-9-. The number of imide groups is 1. The highest BCUT2D eigenvalue weighted by Crippen LogP contribution is 2.35. The van der Waals surface area contributed by atoms with Crippen LogP contribution in [0.15, 0.2) is 33.8 Å². The highest BCUT2D eigenvalue weighted by Gasteiger charge is 2.35. The number of rotatable bonds is 5. The lowest BCUT2D eigenvalue weighted by Crippen LogP contribution is -2.31. The van der Waals surface area contributed by atoms with Crippen molar-refractivity contribution in [2.45, 2.75) is 33.2 Å². The molecular weight excluding hydrogens is 466 g/mol. The Balaban J connectivity index is 1.68. The molecular formula is C22H24BrN3O3S. The van der Waals surface area contributed by atoms with Crippen molar-refractivity contribution in [1.29, 1.82) is 0 Å². The molecule has 4 rings (SSSR count). The van der Waals surface area contributed by atoms with Crippen LogP contribution in [0.25, 0.3) is 17.0 Å². The molecule has 3 amide bonds. The summed E-state index contributed by atoms with van der Waals surface area (Å²) < 4.78 is 2.85. The molecule has 0 atom stereocenters. The second kappa shape index (κ2) is 8.59. The molecule has 2 fully saturated rings. The van der Waals surface area contributed by atoms with Gasteiger partial charge in [0.15, 0.2) is 0 Å². The second-order valence-electron chi connectivity index (χ2n) is 8.15. The Bertz CT molecular complexity index is 1050. The van der Waals surface area contributed by atoms with Crippen molar-refractivity contribution < 1.29 is 14.4 Å². The Labute approximate surface area is 188 Å². The number of thioether (sulfide) groups is 1. The maximum atomic E-state index is 12.8. The molecule has 2 aliphatic rings. The van der Waals surface area contributed by atoms with E-state index in [1.165, 1.54) is 4.90 Å². The normalized spacial score (nSPS) is 18.6. The molecule has 1 aromatic heterocycles. The van der Waals surface area contributed by atoms with Gasteiger partial charge in [0.25, 0.3) is 11.1 Å². The number of carbonyl (C=O) groups excluding carboxylic acids is 3. The first-order chi connectivity index (χ1) is 14.3. The number of halogens is 1. The number of hydrogen-bond acceptors (Lipinski definition) is 4. The third-order valence-corrected chi connectivity index (χ3v) is 6.75. The molecule has 158 valence electrons. The van der Waals surface area contributed by atoms with Crippen LogP contribution >= 0.6 is 27.7 Å². The van der Waals surface area contributed by atoms with Gasteiger partial charge in [-0.2, -0.15) is 0 Å². The maximum absolute atomic E-state index is 12.8. The molecule has 0 radical (unpaired) electrons. The van der Waals surface area contributed by atoms with E-state index in [0.717, 1.165) is 58.6 Å². The zero-order valence-electron chi connectivity index (χ0n) is 17.1. The van der Waals surface area contributed by atoms with Gasteiger partial charge in [0.05, 0.1) is 4.91 Å². The predicted molar refractivity (Wildman–Crippen MR) is 123 cm³/mol. The Hall–Kier alpha value is -2.06. The smallest absolute Gasteiger partial charge is 0.293 e. The van der Waals surface area contributed by atoms with Crippen LogP contribution in [0.1, 0.15) is 32.3 Å². The molecule has 0 spiro atoms. The number of nitrogens with zero attached hydrogens (tertiary/aromatic N) is 3. The van der Waals surface area contributed by atoms with Crippen molar-refractivity contribution in [3.05, 3.63) is 39.3 Å². The molecule has 6 nitrogen and oxygen atoms in total. The van der Waals surface area contributed by atoms with Gasteiger partial charge in [-0.05, 0) is 54.8 Å². The van der Waals surface area contributed by atoms with Crippen LogP contribution < -0.4 is 0 Å². The van der Waals surface area contributed by atoms with Crippen LogP contribution in [0.5, 0.6) is 0 Å². The van der Waals surface area contributed by atoms with Gasteiger partial charge in [0.1, 0.15) is 6.54 Å². The summed E-state index contributed by atoms with van der Waals surface area (Å²) in [6.45, 7) is 6.28. The van der Waals surface area contributed by atoms with Crippen LogP contribution in [0, 0.1) is 5.92 Å². The first-order valence-electron chi connectivity index (χ1n) is 10.1. The van der Waals surface area contributed by atoms with Crippen LogP contribution in [-0.2, 0) is 16.1 Å². The minimum Gasteiger partial charge on any atom is -0.341 e. The number of aromatic nitrogens is 1. The Morgan fingerprint density at radius 2 is 1.97 bits per heavy atom. The summed E-state index contributed by atoms with van der Waals surface area (Å²) >= 11 is 4.49. The molecule has 2 aliphatic heterocycles. The quantitative estimate of drug-likeness (QED) is 0.570. The van der Waals surface area contributed by atoms with Crippen molar-refractivity contribution in [2.75, 3.05) is 19.6 Å². The summed E-state index contributed by atoms with van der Waals surface area (Å²) in [5.74, 6) is 0.0752. The fraction of sp³-hybridized carbons (Fsp3) is 0.409. The number of likely N-dealkylation sites (tertiary alicyclic amines) is 1. The van der Waals surface area contributed by atoms with E-state index >= 15 is 0 Å². The van der Waals surface area contributed by atoms with Gasteiger partial charge in [-0.25, -0.2) is 0 Å². The Morgan fingerprint density at radius 3 is 2.67 bits per heavy atom. The first-order valence-corrected chi connectivity index (χ1v) is 11.8. The summed E-state index contributed by atoms with van der Waals surface area (Å²) in [4.78, 5) is 41.4. The number of hydrogen-bond donors (Lipinski definition) is 0. The monoisotopic (exact) mass is 489 g/mol. The van der Waals surface area contributed by atoms with Crippen molar-refractivity contribution in [3.8, 4) is 0 Å². The van der Waals surface area contributed by atoms with Crippen LogP contribution in [0.2, 0.25) is 0 Å². The molecule has 0 unspecified atom stereocenters. The topological polar surface area (TPSA) is 62.6 Å². The molecule has 2 aromatic rings. The van der Waals surface area contributed by atoms with Gasteiger partial charge < -0.3 is 9.47 Å².